The molecule has 8 aliphatic heterocycles. The molecule has 6 amide bonds. The van der Waals surface area contributed by atoms with E-state index in [0.717, 1.165) is 160 Å². The molecule has 6 atom stereocenters. The third-order valence-electron chi connectivity index (χ3n) is 26.2. The van der Waals surface area contributed by atoms with Crippen LogP contribution in [0.1, 0.15) is 183 Å². The molecule has 18 nitrogen and oxygen atoms in total. The van der Waals surface area contributed by atoms with Crippen molar-refractivity contribution < 1.29 is 38.6 Å². The van der Waals surface area contributed by atoms with E-state index in [0.29, 0.717) is 72.4 Å². The fourth-order valence-electron chi connectivity index (χ4n) is 20.3. The number of imide groups is 2. The third-order valence-corrected chi connectivity index (χ3v) is 26.2. The van der Waals surface area contributed by atoms with Gasteiger partial charge in [0.25, 0.3) is 11.8 Å². The van der Waals surface area contributed by atoms with Crippen LogP contribution in [0.5, 0.6) is 11.5 Å². The number of phenolic OH excluding ortho intramolecular Hbond substituents is 1. The second kappa shape index (κ2) is 33.5. The van der Waals surface area contributed by atoms with E-state index in [2.05, 4.69) is 219 Å². The van der Waals surface area contributed by atoms with Crippen LogP contribution in [0, 0.1) is 11.8 Å². The lowest BCUT2D eigenvalue weighted by atomic mass is 9.69. The molecular weight excluding hydrogens is 1420 g/mol. The number of piperidine rings is 2. The SMILES string of the molecule is CC(C)(C)Oc1ccc2c(c1)CC[C@H](c1ccccc1)[C@@H]2c1ccc(N2CC(CN3CCCN(CCc4ccc5c(c4)CN([C@H]4CCC(=O)NC4=O)C5=O)CC3)C2)cc1.O=C1CC[C@H](N2Cc3cc(CCN4CCCN(CC5CN(c6ccc([C@@H]7c8ccc(O)cc8CC[C@@H]7c7ccccc7)cc6)C5)CC4)ccc3C2=O)C(=O)N1. The Labute approximate surface area is 671 Å². The standard InChI is InChI=1S/C50H59N5O4.C46H51N5O4/c1-50(2,3)59-41-16-19-43-38(29-41)13-18-42(36-8-5-4-6-9-36)47(43)37-11-14-40(15-12-37)54-31-35(32-54)30-53-24-7-23-52(26-27-53)25-22-34-10-17-44-39(28-34)33-55(49(44)58)45-20-21-46(56)51-48(45)57;52-38-13-16-40-35(26-38)10-15-39(33-5-2-1-3-6-33)44(40)34-8-11-37(12-9-34)50-28-32(29-50)27-49-21-4-20-48(23-24-49)22-19-31-7-14-41-36(25-31)30-51(46(41)55)42-17-18-43(53)47-45(42)54/h4-6,8-12,14-17,19,28-29,35,42,45,47H,7,13,18,20-27,30-33H2,1-3H3,(H,51,56,57);1-3,5-9,11-14,16,25-26,32,39,42,44,52H,4,10,15,17-24,27-30H2,(H,47,53,54)/t42-,45+,47+;39-,42+,44+/m11/s1. The molecular formula is C96H110N10O8. The number of anilines is 2. The molecule has 3 N–H and O–H groups in total. The quantitative estimate of drug-likeness (QED) is 0.0650. The summed E-state index contributed by atoms with van der Waals surface area (Å²) in [6.07, 6.45) is 9.76. The number of hydrogen-bond donors (Lipinski definition) is 3. The number of aromatic hydroxyl groups is 1. The number of nitrogens with one attached hydrogen (secondary N) is 2. The Balaban J connectivity index is 0.000000165. The van der Waals surface area contributed by atoms with Crippen LogP contribution in [0.2, 0.25) is 0 Å². The van der Waals surface area contributed by atoms with E-state index in [1.807, 2.05) is 24.3 Å². The van der Waals surface area contributed by atoms with Crippen LogP contribution in [-0.2, 0) is 58.0 Å². The monoisotopic (exact) mass is 1530 g/mol. The zero-order valence-corrected chi connectivity index (χ0v) is 66.5. The van der Waals surface area contributed by atoms with E-state index in [4.69, 9.17) is 4.74 Å². The molecule has 2 aliphatic carbocycles. The Morgan fingerprint density at radius 2 is 0.851 bits per heavy atom. The highest BCUT2D eigenvalue weighted by Crippen LogP contribution is 2.50. The van der Waals surface area contributed by atoms with Gasteiger partial charge in [0.15, 0.2) is 0 Å². The minimum absolute atomic E-state index is 0.110. The largest absolute Gasteiger partial charge is 0.508 e. The predicted molar refractivity (Wildman–Crippen MR) is 445 cm³/mol. The molecule has 592 valence electrons. The number of hydrogen-bond acceptors (Lipinski definition) is 14. The summed E-state index contributed by atoms with van der Waals surface area (Å²) < 4.78 is 6.27. The summed E-state index contributed by atoms with van der Waals surface area (Å²) >= 11 is 0. The van der Waals surface area contributed by atoms with Crippen LogP contribution in [0.3, 0.4) is 0 Å². The van der Waals surface area contributed by atoms with Gasteiger partial charge in [0.1, 0.15) is 29.2 Å². The molecule has 8 aromatic carbocycles. The maximum Gasteiger partial charge on any atom is 0.255 e. The number of amides is 6. The second-order valence-electron chi connectivity index (χ2n) is 35.0. The first-order valence-electron chi connectivity index (χ1n) is 42.3. The summed E-state index contributed by atoms with van der Waals surface area (Å²) in [6.45, 7) is 24.7. The molecule has 6 saturated heterocycles. The minimum Gasteiger partial charge on any atom is -0.508 e. The van der Waals surface area contributed by atoms with Gasteiger partial charge in [0.05, 0.1) is 0 Å². The normalized spacial score (nSPS) is 23.3. The molecule has 18 heteroatoms. The van der Waals surface area contributed by atoms with Crippen LogP contribution in [-0.4, -0.2) is 192 Å². The van der Waals surface area contributed by atoms with Crippen molar-refractivity contribution in [2.75, 3.05) is 115 Å². The Kier molecular flexibility index (Phi) is 22.5. The zero-order valence-electron chi connectivity index (χ0n) is 66.5. The van der Waals surface area contributed by atoms with Crippen LogP contribution in [0.25, 0.3) is 0 Å². The first kappa shape index (κ1) is 76.6. The highest BCUT2D eigenvalue weighted by molar-refractivity contribution is 6.06. The minimum atomic E-state index is -0.576. The summed E-state index contributed by atoms with van der Waals surface area (Å²) in [4.78, 5) is 93.2. The Morgan fingerprint density at radius 3 is 1.30 bits per heavy atom. The van der Waals surface area contributed by atoms with E-state index in [9.17, 15) is 33.9 Å². The van der Waals surface area contributed by atoms with E-state index in [1.165, 1.54) is 79.9 Å². The molecule has 8 heterocycles. The van der Waals surface area contributed by atoms with Crippen molar-refractivity contribution in [3.8, 4) is 11.5 Å². The maximum absolute atomic E-state index is 13.1. The maximum atomic E-state index is 13.1. The fraction of sp³-hybridized carbons (Fsp3) is 0.438. The first-order chi connectivity index (χ1) is 55.4. The van der Waals surface area contributed by atoms with E-state index in [1.54, 1.807) is 9.80 Å². The van der Waals surface area contributed by atoms with Crippen molar-refractivity contribution in [3.63, 3.8) is 0 Å². The van der Waals surface area contributed by atoms with Gasteiger partial charge in [-0.2, -0.15) is 0 Å². The first-order valence-corrected chi connectivity index (χ1v) is 42.3. The number of phenols is 1. The third kappa shape index (κ3) is 17.1. The number of nitrogens with zero attached hydrogens (tertiary/aromatic N) is 8. The lowest BCUT2D eigenvalue weighted by Gasteiger charge is -2.43. The van der Waals surface area contributed by atoms with Crippen molar-refractivity contribution in [2.24, 2.45) is 11.8 Å². The van der Waals surface area contributed by atoms with Gasteiger partial charge >= 0.3 is 0 Å². The lowest BCUT2D eigenvalue weighted by molar-refractivity contribution is -0.138. The molecule has 6 fully saturated rings. The lowest BCUT2D eigenvalue weighted by Crippen LogP contribution is -2.52. The number of rotatable bonds is 19. The molecule has 0 unspecified atom stereocenters. The number of aryl methyl sites for hydroxylation is 2. The number of benzene rings is 8. The van der Waals surface area contributed by atoms with Crippen molar-refractivity contribution in [1.82, 2.24) is 40.0 Å². The van der Waals surface area contributed by atoms with E-state index >= 15 is 0 Å². The molecule has 0 aromatic heterocycles. The number of ether oxygens (including phenoxy) is 1. The number of fused-ring (bicyclic) bond motifs is 4. The highest BCUT2D eigenvalue weighted by atomic mass is 16.5. The molecule has 0 bridgehead atoms. The van der Waals surface area contributed by atoms with Gasteiger partial charge in [-0.05, 0) is 250 Å². The molecule has 0 radical (unpaired) electrons. The van der Waals surface area contributed by atoms with Gasteiger partial charge in [-0.25, -0.2) is 0 Å². The van der Waals surface area contributed by atoms with E-state index in [-0.39, 0.29) is 59.8 Å². The van der Waals surface area contributed by atoms with Crippen LogP contribution in [0.4, 0.5) is 11.4 Å². The molecule has 18 rings (SSSR count). The highest BCUT2D eigenvalue weighted by Gasteiger charge is 2.43. The predicted octanol–water partition coefficient (Wildman–Crippen LogP) is 12.9. The Morgan fingerprint density at radius 1 is 0.421 bits per heavy atom. The average molecular weight is 1530 g/mol. The van der Waals surface area contributed by atoms with Crippen molar-refractivity contribution in [2.45, 2.75) is 152 Å². The Bertz CT molecular complexity index is 4840. The molecule has 8 aromatic rings. The van der Waals surface area contributed by atoms with Crippen molar-refractivity contribution in [1.29, 1.82) is 0 Å². The average Bonchev–Trinajstić information content (AvgIpc) is 1.08. The molecule has 0 saturated carbocycles. The molecule has 0 spiro atoms. The number of carbonyl (C=O) groups excluding carboxylic acids is 6. The van der Waals surface area contributed by atoms with Gasteiger partial charge < -0.3 is 49.0 Å². The molecule has 114 heavy (non-hydrogen) atoms. The summed E-state index contributed by atoms with van der Waals surface area (Å²) in [5.41, 5.74) is 19.2. The van der Waals surface area contributed by atoms with Crippen LogP contribution >= 0.6 is 0 Å². The Hall–Kier alpha value is -9.98. The second-order valence-corrected chi connectivity index (χ2v) is 35.0. The van der Waals surface area contributed by atoms with Crippen LogP contribution < -0.4 is 25.2 Å². The summed E-state index contributed by atoms with van der Waals surface area (Å²) in [5, 5.41) is 15.0. The summed E-state index contributed by atoms with van der Waals surface area (Å²) in [5.74, 6) is 2.63. The van der Waals surface area contributed by atoms with Crippen molar-refractivity contribution in [3.05, 3.63) is 260 Å². The molecule has 10 aliphatic rings. The van der Waals surface area contributed by atoms with Gasteiger partial charge in [-0.3, -0.25) is 39.4 Å². The summed E-state index contributed by atoms with van der Waals surface area (Å²) in [6, 6.07) is 64.7. The van der Waals surface area contributed by atoms with Gasteiger partial charge in [-0.15, -0.1) is 0 Å². The van der Waals surface area contributed by atoms with Gasteiger partial charge in [0, 0.05) is 151 Å². The summed E-state index contributed by atoms with van der Waals surface area (Å²) in [7, 11) is 0. The topological polar surface area (TPSA) is 182 Å². The van der Waals surface area contributed by atoms with Crippen molar-refractivity contribution >= 4 is 46.8 Å². The van der Waals surface area contributed by atoms with Gasteiger partial charge in [-0.1, -0.05) is 121 Å². The number of carbonyl (C=O) groups is 6. The smallest absolute Gasteiger partial charge is 0.255 e. The zero-order chi connectivity index (χ0) is 78.1. The fourth-order valence-corrected chi connectivity index (χ4v) is 20.3. The van der Waals surface area contributed by atoms with Gasteiger partial charge in [0.2, 0.25) is 23.6 Å². The van der Waals surface area contributed by atoms with Crippen LogP contribution in [0.15, 0.2) is 182 Å². The van der Waals surface area contributed by atoms with E-state index < -0.39 is 12.1 Å².